The lowest BCUT2D eigenvalue weighted by molar-refractivity contribution is -0.123. The van der Waals surface area contributed by atoms with Crippen molar-refractivity contribution in [2.75, 3.05) is 19.6 Å². The molecular formula is C16H18F3N7O. The number of likely N-dealkylation sites (tertiary alicyclic amines) is 1. The summed E-state index contributed by atoms with van der Waals surface area (Å²) in [5, 5.41) is 9.82. The highest BCUT2D eigenvalue weighted by atomic mass is 19.4. The van der Waals surface area contributed by atoms with Crippen LogP contribution in [0.4, 0.5) is 18.0 Å². The lowest BCUT2D eigenvalue weighted by Gasteiger charge is -2.20. The largest absolute Gasteiger partial charge is 0.405 e. The maximum absolute atomic E-state index is 12.4. The molecule has 2 amide bonds. The minimum absolute atomic E-state index is 0.0629. The number of hydrogen-bond acceptors (Lipinski definition) is 4. The van der Waals surface area contributed by atoms with Crippen molar-refractivity contribution in [2.45, 2.75) is 25.6 Å². The molecule has 11 heteroatoms. The summed E-state index contributed by atoms with van der Waals surface area (Å²) in [7, 11) is 0. The van der Waals surface area contributed by atoms with E-state index in [-0.39, 0.29) is 12.0 Å². The van der Waals surface area contributed by atoms with Crippen molar-refractivity contribution in [3.8, 4) is 0 Å². The summed E-state index contributed by atoms with van der Waals surface area (Å²) in [6.07, 6.45) is 1.49. The molecule has 0 radical (unpaired) electrons. The summed E-state index contributed by atoms with van der Waals surface area (Å²) in [6, 6.07) is 1.12. The molecule has 27 heavy (non-hydrogen) atoms. The number of alkyl halides is 3. The Hall–Kier alpha value is -2.85. The summed E-state index contributed by atoms with van der Waals surface area (Å²) in [5.74, 6) is 0.119. The average molecular weight is 381 g/mol. The summed E-state index contributed by atoms with van der Waals surface area (Å²) >= 11 is 0. The summed E-state index contributed by atoms with van der Waals surface area (Å²) in [4.78, 5) is 18.0. The van der Waals surface area contributed by atoms with Crippen LogP contribution in [-0.2, 0) is 0 Å². The van der Waals surface area contributed by atoms with Crippen molar-refractivity contribution in [2.24, 2.45) is 5.92 Å². The molecule has 1 saturated heterocycles. The van der Waals surface area contributed by atoms with Gasteiger partial charge in [0, 0.05) is 19.3 Å². The van der Waals surface area contributed by atoms with Crippen LogP contribution >= 0.6 is 0 Å². The maximum atomic E-state index is 12.4. The quantitative estimate of drug-likeness (QED) is 0.755. The maximum Gasteiger partial charge on any atom is 0.405 e. The number of halogens is 3. The van der Waals surface area contributed by atoms with E-state index in [9.17, 15) is 18.0 Å². The molecule has 2 atom stereocenters. The van der Waals surface area contributed by atoms with E-state index in [2.05, 4.69) is 15.3 Å². The van der Waals surface area contributed by atoms with Gasteiger partial charge in [-0.2, -0.15) is 13.2 Å². The monoisotopic (exact) mass is 381 g/mol. The molecule has 0 saturated carbocycles. The summed E-state index contributed by atoms with van der Waals surface area (Å²) in [6.45, 7) is 1.41. The van der Waals surface area contributed by atoms with E-state index in [1.165, 1.54) is 4.90 Å². The van der Waals surface area contributed by atoms with Crippen molar-refractivity contribution < 1.29 is 18.0 Å². The van der Waals surface area contributed by atoms with Crippen molar-refractivity contribution in [3.63, 3.8) is 0 Å². The number of carbonyl (C=O) groups is 1. The van der Waals surface area contributed by atoms with Gasteiger partial charge in [-0.25, -0.2) is 14.3 Å². The Labute approximate surface area is 151 Å². The smallest absolute Gasteiger partial charge is 0.339 e. The fourth-order valence-corrected chi connectivity index (χ4v) is 3.72. The number of aromatic nitrogens is 5. The number of fused-ring (bicyclic) bond motifs is 3. The Morgan fingerprint density at radius 2 is 2.19 bits per heavy atom. The Bertz CT molecular complexity index is 979. The SMILES string of the molecule is CC[C@H]1CN(C(=O)NCC(F)(F)F)C[C@@H]1n1ccc2ncn3nncc3c21. The van der Waals surface area contributed by atoms with Gasteiger partial charge in [0.05, 0.1) is 23.3 Å². The third kappa shape index (κ3) is 3.17. The van der Waals surface area contributed by atoms with Crippen LogP contribution in [0.25, 0.3) is 16.6 Å². The second kappa shape index (κ2) is 6.39. The van der Waals surface area contributed by atoms with Crippen LogP contribution < -0.4 is 5.32 Å². The zero-order valence-electron chi connectivity index (χ0n) is 14.5. The van der Waals surface area contributed by atoms with Gasteiger partial charge < -0.3 is 14.8 Å². The van der Waals surface area contributed by atoms with Crippen LogP contribution in [0.15, 0.2) is 24.8 Å². The van der Waals surface area contributed by atoms with E-state index in [1.54, 1.807) is 17.0 Å². The first-order chi connectivity index (χ1) is 12.9. The van der Waals surface area contributed by atoms with Crippen LogP contribution in [0.1, 0.15) is 19.4 Å². The molecule has 4 rings (SSSR count). The van der Waals surface area contributed by atoms with Gasteiger partial charge in [-0.05, 0) is 18.4 Å². The molecule has 3 aromatic heterocycles. The Morgan fingerprint density at radius 3 is 2.93 bits per heavy atom. The number of carbonyl (C=O) groups excluding carboxylic acids is 1. The van der Waals surface area contributed by atoms with E-state index in [4.69, 9.17) is 0 Å². The molecule has 0 bridgehead atoms. The zero-order valence-corrected chi connectivity index (χ0v) is 14.5. The predicted molar refractivity (Wildman–Crippen MR) is 90.1 cm³/mol. The Morgan fingerprint density at radius 1 is 1.37 bits per heavy atom. The van der Waals surface area contributed by atoms with Crippen molar-refractivity contribution in [3.05, 3.63) is 24.8 Å². The van der Waals surface area contributed by atoms with Gasteiger partial charge in [0.15, 0.2) is 0 Å². The zero-order chi connectivity index (χ0) is 19.2. The van der Waals surface area contributed by atoms with Gasteiger partial charge in [0.1, 0.15) is 18.4 Å². The number of rotatable bonds is 3. The van der Waals surface area contributed by atoms with Crippen LogP contribution in [0.5, 0.6) is 0 Å². The van der Waals surface area contributed by atoms with Gasteiger partial charge in [0.25, 0.3) is 0 Å². The second-order valence-corrected chi connectivity index (χ2v) is 6.68. The van der Waals surface area contributed by atoms with E-state index in [0.29, 0.717) is 13.1 Å². The standard InChI is InChI=1S/C16H18F3N7O/c1-2-10-6-24(15(27)20-8-16(17,18)19)7-13(10)25-4-3-11-14(25)12-5-22-23-26(12)9-21-11/h3-5,9-10,13H,2,6-8H2,1H3,(H,20,27)/t10-,13-/m0/s1. The Kier molecular flexibility index (Phi) is 4.16. The number of hydrogen-bond donors (Lipinski definition) is 1. The molecule has 144 valence electrons. The van der Waals surface area contributed by atoms with Gasteiger partial charge in [-0.3, -0.25) is 0 Å². The third-order valence-corrected chi connectivity index (χ3v) is 5.03. The molecule has 1 aliphatic heterocycles. The summed E-state index contributed by atoms with van der Waals surface area (Å²) in [5.41, 5.74) is 2.42. The molecule has 0 aliphatic carbocycles. The van der Waals surface area contributed by atoms with Crippen molar-refractivity contribution in [1.82, 2.24) is 34.6 Å². The number of nitrogens with zero attached hydrogens (tertiary/aromatic N) is 6. The van der Waals surface area contributed by atoms with Gasteiger partial charge in [0.2, 0.25) is 0 Å². The molecular weight excluding hydrogens is 363 g/mol. The first-order valence-electron chi connectivity index (χ1n) is 8.62. The van der Waals surface area contributed by atoms with Crippen molar-refractivity contribution in [1.29, 1.82) is 0 Å². The molecule has 1 N–H and O–H groups in total. The van der Waals surface area contributed by atoms with Gasteiger partial charge >= 0.3 is 12.2 Å². The lowest BCUT2D eigenvalue weighted by Crippen LogP contribution is -2.42. The van der Waals surface area contributed by atoms with Gasteiger partial charge in [-0.1, -0.05) is 12.1 Å². The minimum Gasteiger partial charge on any atom is -0.339 e. The lowest BCUT2D eigenvalue weighted by atomic mass is 10.0. The molecule has 8 nitrogen and oxygen atoms in total. The van der Waals surface area contributed by atoms with Crippen LogP contribution in [0.3, 0.4) is 0 Å². The van der Waals surface area contributed by atoms with Crippen LogP contribution in [-0.4, -0.2) is 61.1 Å². The molecule has 1 fully saturated rings. The molecule has 1 aliphatic rings. The van der Waals surface area contributed by atoms with Crippen LogP contribution in [0.2, 0.25) is 0 Å². The average Bonchev–Trinajstić information content (AvgIpc) is 3.33. The number of amides is 2. The molecule has 3 aromatic rings. The van der Waals surface area contributed by atoms with E-state index < -0.39 is 18.8 Å². The first-order valence-corrected chi connectivity index (χ1v) is 8.62. The highest BCUT2D eigenvalue weighted by Gasteiger charge is 2.37. The molecule has 0 aromatic carbocycles. The highest BCUT2D eigenvalue weighted by Crippen LogP contribution is 2.34. The normalized spacial score (nSPS) is 20.7. The van der Waals surface area contributed by atoms with Gasteiger partial charge in [-0.15, -0.1) is 5.10 Å². The minimum atomic E-state index is -4.43. The summed E-state index contributed by atoms with van der Waals surface area (Å²) < 4.78 is 40.7. The van der Waals surface area contributed by atoms with E-state index >= 15 is 0 Å². The third-order valence-electron chi connectivity index (χ3n) is 5.03. The molecule has 4 heterocycles. The second-order valence-electron chi connectivity index (χ2n) is 6.68. The van der Waals surface area contributed by atoms with Crippen molar-refractivity contribution >= 4 is 22.6 Å². The van der Waals surface area contributed by atoms with E-state index in [1.807, 2.05) is 29.1 Å². The molecule has 0 spiro atoms. The predicted octanol–water partition coefficient (Wildman–Crippen LogP) is 2.23. The molecule has 0 unspecified atom stereocenters. The first kappa shape index (κ1) is 17.6. The fraction of sp³-hybridized carbons (Fsp3) is 0.500. The number of nitrogens with one attached hydrogen (secondary N) is 1. The van der Waals surface area contributed by atoms with Crippen LogP contribution in [0, 0.1) is 5.92 Å². The highest BCUT2D eigenvalue weighted by molar-refractivity contribution is 5.90. The topological polar surface area (TPSA) is 80.4 Å². The fourth-order valence-electron chi connectivity index (χ4n) is 3.72. The number of urea groups is 1. The van der Waals surface area contributed by atoms with E-state index in [0.717, 1.165) is 23.0 Å². The Balaban J connectivity index is 1.63.